The average Bonchev–Trinajstić information content (AvgIpc) is 2.13. The maximum Gasteiger partial charge on any atom is 0.422 e. The fourth-order valence-electron chi connectivity index (χ4n) is 1.41. The molecule has 0 aromatic carbocycles. The number of piperidine rings is 1. The van der Waals surface area contributed by atoms with E-state index in [1.54, 1.807) is 6.92 Å². The third-order valence-corrected chi connectivity index (χ3v) is 2.46. The minimum absolute atomic E-state index is 0.212. The van der Waals surface area contributed by atoms with Crippen LogP contribution in [0.5, 0.6) is 0 Å². The Morgan fingerprint density at radius 1 is 1.44 bits per heavy atom. The van der Waals surface area contributed by atoms with Crippen LogP contribution in [0.2, 0.25) is 0 Å². The maximum atomic E-state index is 11.8. The summed E-state index contributed by atoms with van der Waals surface area (Å²) in [7, 11) is 0. The largest absolute Gasteiger partial charge is 0.440 e. The second-order valence-corrected chi connectivity index (χ2v) is 4.15. The van der Waals surface area contributed by atoms with E-state index >= 15 is 0 Å². The molecule has 0 bridgehead atoms. The number of halogens is 3. The number of carbonyl (C=O) groups excluding carboxylic acids is 1. The van der Waals surface area contributed by atoms with Crippen LogP contribution in [0.3, 0.4) is 0 Å². The van der Waals surface area contributed by atoms with Gasteiger partial charge in [0.05, 0.1) is 5.60 Å². The van der Waals surface area contributed by atoms with Gasteiger partial charge in [0.25, 0.3) is 0 Å². The highest BCUT2D eigenvalue weighted by Crippen LogP contribution is 2.22. The molecule has 0 aromatic rings. The summed E-state index contributed by atoms with van der Waals surface area (Å²) in [4.78, 5) is 12.3. The first-order chi connectivity index (χ1) is 7.20. The maximum absolute atomic E-state index is 11.8. The van der Waals surface area contributed by atoms with Crippen molar-refractivity contribution < 1.29 is 27.8 Å². The fraction of sp³-hybridized carbons (Fsp3) is 0.889. The van der Waals surface area contributed by atoms with E-state index < -0.39 is 24.5 Å². The normalized spacial score (nSPS) is 20.7. The van der Waals surface area contributed by atoms with Crippen LogP contribution in [0.25, 0.3) is 0 Å². The molecule has 0 atom stereocenters. The lowest BCUT2D eigenvalue weighted by molar-refractivity contribution is -0.163. The van der Waals surface area contributed by atoms with Crippen LogP contribution < -0.4 is 0 Å². The summed E-state index contributed by atoms with van der Waals surface area (Å²) in [6.07, 6.45) is -4.80. The highest BCUT2D eigenvalue weighted by atomic mass is 19.4. The first kappa shape index (κ1) is 13.1. The predicted octanol–water partition coefficient (Wildman–Crippen LogP) is 1.53. The van der Waals surface area contributed by atoms with Gasteiger partial charge in [-0.3, -0.25) is 0 Å². The molecule has 0 aliphatic carbocycles. The number of alkyl halides is 3. The molecule has 0 spiro atoms. The van der Waals surface area contributed by atoms with Crippen molar-refractivity contribution in [3.8, 4) is 0 Å². The quantitative estimate of drug-likeness (QED) is 0.757. The number of likely N-dealkylation sites (tertiary alicyclic amines) is 1. The van der Waals surface area contributed by atoms with Gasteiger partial charge in [0.1, 0.15) is 0 Å². The van der Waals surface area contributed by atoms with Gasteiger partial charge in [-0.1, -0.05) is 0 Å². The van der Waals surface area contributed by atoms with Crippen molar-refractivity contribution >= 4 is 6.09 Å². The number of hydrogen-bond acceptors (Lipinski definition) is 3. The Morgan fingerprint density at radius 3 is 2.38 bits per heavy atom. The molecular weight excluding hydrogens is 227 g/mol. The Morgan fingerprint density at radius 2 is 1.94 bits per heavy atom. The van der Waals surface area contributed by atoms with Gasteiger partial charge in [-0.15, -0.1) is 0 Å². The lowest BCUT2D eigenvalue weighted by atomic mass is 9.94. The SMILES string of the molecule is CC1(O)CCN(C(=O)OCC(F)(F)F)CC1. The number of aliphatic hydroxyl groups is 1. The van der Waals surface area contributed by atoms with E-state index in [9.17, 15) is 23.1 Å². The third kappa shape index (κ3) is 4.26. The lowest BCUT2D eigenvalue weighted by Crippen LogP contribution is -2.45. The van der Waals surface area contributed by atoms with Crippen molar-refractivity contribution in [2.75, 3.05) is 19.7 Å². The summed E-state index contributed by atoms with van der Waals surface area (Å²) in [6, 6.07) is 0. The second-order valence-electron chi connectivity index (χ2n) is 4.15. The van der Waals surface area contributed by atoms with E-state index in [1.165, 1.54) is 4.90 Å². The summed E-state index contributed by atoms with van der Waals surface area (Å²) < 4.78 is 39.4. The zero-order chi connectivity index (χ0) is 12.4. The third-order valence-electron chi connectivity index (χ3n) is 2.46. The van der Waals surface area contributed by atoms with Gasteiger partial charge in [0.2, 0.25) is 0 Å². The van der Waals surface area contributed by atoms with Crippen LogP contribution in [0.15, 0.2) is 0 Å². The molecule has 0 saturated carbocycles. The second kappa shape index (κ2) is 4.48. The molecule has 1 aliphatic rings. The number of nitrogens with zero attached hydrogens (tertiary/aromatic N) is 1. The molecule has 1 N–H and O–H groups in total. The highest BCUT2D eigenvalue weighted by Gasteiger charge is 2.33. The molecular formula is C9H14F3NO3. The number of amides is 1. The van der Waals surface area contributed by atoms with Crippen LogP contribution in [0.1, 0.15) is 19.8 Å². The van der Waals surface area contributed by atoms with E-state index in [0.29, 0.717) is 12.8 Å². The monoisotopic (exact) mass is 241 g/mol. The molecule has 4 nitrogen and oxygen atoms in total. The molecule has 16 heavy (non-hydrogen) atoms. The molecule has 1 saturated heterocycles. The molecule has 94 valence electrons. The van der Waals surface area contributed by atoms with Crippen LogP contribution in [0, 0.1) is 0 Å². The molecule has 7 heteroatoms. The van der Waals surface area contributed by atoms with E-state index in [0.717, 1.165) is 0 Å². The minimum Gasteiger partial charge on any atom is -0.440 e. The number of rotatable bonds is 1. The van der Waals surface area contributed by atoms with Gasteiger partial charge in [0, 0.05) is 13.1 Å². The summed E-state index contributed by atoms with van der Waals surface area (Å²) >= 11 is 0. The Bertz CT molecular complexity index is 255. The average molecular weight is 241 g/mol. The van der Waals surface area contributed by atoms with E-state index in [1.807, 2.05) is 0 Å². The van der Waals surface area contributed by atoms with Crippen molar-refractivity contribution in [1.82, 2.24) is 4.90 Å². The van der Waals surface area contributed by atoms with Crippen molar-refractivity contribution in [3.63, 3.8) is 0 Å². The first-order valence-corrected chi connectivity index (χ1v) is 4.90. The zero-order valence-corrected chi connectivity index (χ0v) is 8.88. The highest BCUT2D eigenvalue weighted by molar-refractivity contribution is 5.67. The Hall–Kier alpha value is -0.980. The summed E-state index contributed by atoms with van der Waals surface area (Å²) in [6.45, 7) is 0.484. The number of carbonyl (C=O) groups is 1. The van der Waals surface area contributed by atoms with E-state index in [-0.39, 0.29) is 13.1 Å². The molecule has 1 fully saturated rings. The van der Waals surface area contributed by atoms with Crippen molar-refractivity contribution in [2.24, 2.45) is 0 Å². The van der Waals surface area contributed by atoms with Gasteiger partial charge in [-0.2, -0.15) is 13.2 Å². The lowest BCUT2D eigenvalue weighted by Gasteiger charge is -2.35. The van der Waals surface area contributed by atoms with Gasteiger partial charge >= 0.3 is 12.3 Å². The molecule has 1 rings (SSSR count). The summed E-state index contributed by atoms with van der Waals surface area (Å²) in [5, 5.41) is 9.57. The van der Waals surface area contributed by atoms with E-state index in [2.05, 4.69) is 4.74 Å². The Balaban J connectivity index is 2.34. The summed E-state index contributed by atoms with van der Waals surface area (Å²) in [5.41, 5.74) is -0.846. The van der Waals surface area contributed by atoms with E-state index in [4.69, 9.17) is 0 Å². The smallest absolute Gasteiger partial charge is 0.422 e. The zero-order valence-electron chi connectivity index (χ0n) is 8.88. The molecule has 0 aromatic heterocycles. The van der Waals surface area contributed by atoms with Gasteiger partial charge in [0.15, 0.2) is 6.61 Å². The minimum atomic E-state index is -4.50. The summed E-state index contributed by atoms with van der Waals surface area (Å²) in [5.74, 6) is 0. The molecule has 1 aliphatic heterocycles. The first-order valence-electron chi connectivity index (χ1n) is 4.90. The van der Waals surface area contributed by atoms with Crippen LogP contribution in [-0.4, -0.2) is 47.6 Å². The van der Waals surface area contributed by atoms with Crippen molar-refractivity contribution in [2.45, 2.75) is 31.5 Å². The molecule has 1 heterocycles. The standard InChI is InChI=1S/C9H14F3NO3/c1-8(15)2-4-13(5-3-8)7(14)16-6-9(10,11)12/h15H,2-6H2,1H3. The van der Waals surface area contributed by atoms with Crippen LogP contribution in [0.4, 0.5) is 18.0 Å². The topological polar surface area (TPSA) is 49.8 Å². The van der Waals surface area contributed by atoms with Gasteiger partial charge in [-0.05, 0) is 19.8 Å². The van der Waals surface area contributed by atoms with Crippen LogP contribution in [-0.2, 0) is 4.74 Å². The predicted molar refractivity (Wildman–Crippen MR) is 48.8 cm³/mol. The van der Waals surface area contributed by atoms with Crippen molar-refractivity contribution in [1.29, 1.82) is 0 Å². The molecule has 0 unspecified atom stereocenters. The van der Waals surface area contributed by atoms with Gasteiger partial charge < -0.3 is 14.7 Å². The Kier molecular flexibility index (Phi) is 3.67. The number of hydrogen-bond donors (Lipinski definition) is 1. The molecule has 1 amide bonds. The van der Waals surface area contributed by atoms with Crippen molar-refractivity contribution in [3.05, 3.63) is 0 Å². The Labute approximate surface area is 91.0 Å². The van der Waals surface area contributed by atoms with Crippen LogP contribution >= 0.6 is 0 Å². The fourth-order valence-corrected chi connectivity index (χ4v) is 1.41. The van der Waals surface area contributed by atoms with Gasteiger partial charge in [-0.25, -0.2) is 4.79 Å². The molecule has 0 radical (unpaired) electrons. The number of ether oxygens (including phenoxy) is 1.